The zero-order valence-corrected chi connectivity index (χ0v) is 14.3. The Morgan fingerprint density at radius 3 is 2.74 bits per heavy atom. The second-order valence-electron chi connectivity index (χ2n) is 5.60. The Balaban J connectivity index is 1.67. The predicted molar refractivity (Wildman–Crippen MR) is 89.9 cm³/mol. The molecule has 6 nitrogen and oxygen atoms in total. The molecule has 23 heavy (non-hydrogen) atoms. The average molecular weight is 352 g/mol. The summed E-state index contributed by atoms with van der Waals surface area (Å²) in [7, 11) is 0. The maximum atomic E-state index is 12.3. The van der Waals surface area contributed by atoms with Crippen molar-refractivity contribution in [2.24, 2.45) is 0 Å². The Kier molecular flexibility index (Phi) is 5.17. The number of carbonyl (C=O) groups excluding carboxylic acids is 1. The Labute approximate surface area is 144 Å². The van der Waals surface area contributed by atoms with Crippen molar-refractivity contribution in [1.82, 2.24) is 25.5 Å². The molecule has 1 heterocycles. The molecule has 1 saturated carbocycles. The highest BCUT2D eigenvalue weighted by Crippen LogP contribution is 2.24. The van der Waals surface area contributed by atoms with E-state index in [1.165, 1.54) is 24.6 Å². The van der Waals surface area contributed by atoms with E-state index in [9.17, 15) is 4.79 Å². The topological polar surface area (TPSA) is 72.7 Å². The number of aromatic nitrogens is 4. The summed E-state index contributed by atoms with van der Waals surface area (Å²) in [5.41, 5.74) is 0.810. The second kappa shape index (κ2) is 7.31. The minimum absolute atomic E-state index is 0.0348. The molecule has 0 spiro atoms. The SMILES string of the molecule is C[C@H](Sc1nnnn1-c1ccc(Cl)cc1)C(=O)NC1CCCC1. The van der Waals surface area contributed by atoms with Crippen LogP contribution in [-0.4, -0.2) is 37.4 Å². The Morgan fingerprint density at radius 2 is 2.04 bits per heavy atom. The van der Waals surface area contributed by atoms with Crippen molar-refractivity contribution >= 4 is 29.3 Å². The number of carbonyl (C=O) groups is 1. The lowest BCUT2D eigenvalue weighted by Gasteiger charge is -2.15. The minimum Gasteiger partial charge on any atom is -0.352 e. The molecule has 1 fully saturated rings. The van der Waals surface area contributed by atoms with E-state index in [1.807, 2.05) is 19.1 Å². The van der Waals surface area contributed by atoms with E-state index in [-0.39, 0.29) is 11.2 Å². The van der Waals surface area contributed by atoms with E-state index < -0.39 is 0 Å². The van der Waals surface area contributed by atoms with Crippen molar-refractivity contribution in [3.63, 3.8) is 0 Å². The third-order valence-corrected chi connectivity index (χ3v) is 5.15. The smallest absolute Gasteiger partial charge is 0.233 e. The molecule has 1 amide bonds. The van der Waals surface area contributed by atoms with Crippen LogP contribution in [0.1, 0.15) is 32.6 Å². The molecule has 1 atom stereocenters. The third kappa shape index (κ3) is 4.03. The summed E-state index contributed by atoms with van der Waals surface area (Å²) in [6.07, 6.45) is 4.54. The number of halogens is 1. The molecule has 0 unspecified atom stereocenters. The number of nitrogens with one attached hydrogen (secondary N) is 1. The highest BCUT2D eigenvalue weighted by molar-refractivity contribution is 8.00. The van der Waals surface area contributed by atoms with Crippen molar-refractivity contribution in [2.75, 3.05) is 0 Å². The van der Waals surface area contributed by atoms with E-state index >= 15 is 0 Å². The van der Waals surface area contributed by atoms with Gasteiger partial charge in [0, 0.05) is 11.1 Å². The number of tetrazole rings is 1. The van der Waals surface area contributed by atoms with Gasteiger partial charge in [0.05, 0.1) is 10.9 Å². The molecule has 8 heteroatoms. The van der Waals surface area contributed by atoms with Crippen molar-refractivity contribution in [1.29, 1.82) is 0 Å². The fraction of sp³-hybridized carbons (Fsp3) is 0.467. The molecular formula is C15H18ClN5OS. The first kappa shape index (κ1) is 16.3. The average Bonchev–Trinajstić information content (AvgIpc) is 3.20. The van der Waals surface area contributed by atoms with Crippen LogP contribution in [0.4, 0.5) is 0 Å². The van der Waals surface area contributed by atoms with Crippen LogP contribution in [0.15, 0.2) is 29.4 Å². The van der Waals surface area contributed by atoms with Gasteiger partial charge in [-0.1, -0.05) is 36.2 Å². The van der Waals surface area contributed by atoms with E-state index in [2.05, 4.69) is 20.8 Å². The standard InChI is InChI=1S/C15H18ClN5OS/c1-10(14(22)17-12-4-2-3-5-12)23-15-18-19-20-21(15)13-8-6-11(16)7-9-13/h6-10,12H,2-5H2,1H3,(H,17,22)/t10-/m0/s1. The van der Waals surface area contributed by atoms with Gasteiger partial charge in [0.25, 0.3) is 0 Å². The van der Waals surface area contributed by atoms with E-state index in [0.717, 1.165) is 18.5 Å². The van der Waals surface area contributed by atoms with Gasteiger partial charge >= 0.3 is 0 Å². The maximum absolute atomic E-state index is 12.3. The summed E-state index contributed by atoms with van der Waals surface area (Å²) in [5, 5.41) is 15.8. The van der Waals surface area contributed by atoms with Crippen LogP contribution in [0.5, 0.6) is 0 Å². The lowest BCUT2D eigenvalue weighted by Crippen LogP contribution is -2.37. The van der Waals surface area contributed by atoms with Gasteiger partial charge in [0.2, 0.25) is 11.1 Å². The molecule has 0 saturated heterocycles. The monoisotopic (exact) mass is 351 g/mol. The van der Waals surface area contributed by atoms with Gasteiger partial charge in [-0.2, -0.15) is 4.68 Å². The molecule has 1 N–H and O–H groups in total. The van der Waals surface area contributed by atoms with Crippen LogP contribution < -0.4 is 5.32 Å². The van der Waals surface area contributed by atoms with Gasteiger partial charge in [0.15, 0.2) is 0 Å². The maximum Gasteiger partial charge on any atom is 0.233 e. The molecule has 2 aromatic rings. The van der Waals surface area contributed by atoms with Crippen molar-refractivity contribution in [3.8, 4) is 5.69 Å². The number of rotatable bonds is 5. The lowest BCUT2D eigenvalue weighted by atomic mass is 10.2. The van der Waals surface area contributed by atoms with Crippen LogP contribution >= 0.6 is 23.4 Å². The van der Waals surface area contributed by atoms with Crippen molar-refractivity contribution in [2.45, 2.75) is 49.1 Å². The van der Waals surface area contributed by atoms with Crippen molar-refractivity contribution < 1.29 is 4.79 Å². The van der Waals surface area contributed by atoms with E-state index in [4.69, 9.17) is 11.6 Å². The molecule has 122 valence electrons. The van der Waals surface area contributed by atoms with Crippen LogP contribution in [0, 0.1) is 0 Å². The summed E-state index contributed by atoms with van der Waals surface area (Å²) in [6.45, 7) is 1.87. The molecule has 1 aliphatic rings. The molecule has 1 aliphatic carbocycles. The first-order valence-corrected chi connectivity index (χ1v) is 8.90. The summed E-state index contributed by atoms with van der Waals surface area (Å²) in [4.78, 5) is 12.3. The van der Waals surface area contributed by atoms with Crippen LogP contribution in [-0.2, 0) is 4.79 Å². The largest absolute Gasteiger partial charge is 0.352 e. The first-order valence-electron chi connectivity index (χ1n) is 7.65. The number of benzene rings is 1. The highest BCUT2D eigenvalue weighted by Gasteiger charge is 2.23. The van der Waals surface area contributed by atoms with Gasteiger partial charge in [0.1, 0.15) is 0 Å². The van der Waals surface area contributed by atoms with Crippen LogP contribution in [0.25, 0.3) is 5.69 Å². The summed E-state index contributed by atoms with van der Waals surface area (Å²) in [6, 6.07) is 7.56. The molecule has 3 rings (SSSR count). The predicted octanol–water partition coefficient (Wildman–Crippen LogP) is 2.86. The van der Waals surface area contributed by atoms with E-state index in [1.54, 1.807) is 16.8 Å². The number of nitrogens with zero attached hydrogens (tertiary/aromatic N) is 4. The summed E-state index contributed by atoms with van der Waals surface area (Å²) < 4.78 is 1.61. The van der Waals surface area contributed by atoms with Gasteiger partial charge in [-0.05, 0) is 54.5 Å². The van der Waals surface area contributed by atoms with Gasteiger partial charge < -0.3 is 5.32 Å². The number of amides is 1. The van der Waals surface area contributed by atoms with Crippen LogP contribution in [0.2, 0.25) is 5.02 Å². The lowest BCUT2D eigenvalue weighted by molar-refractivity contribution is -0.120. The second-order valence-corrected chi connectivity index (χ2v) is 7.34. The quantitative estimate of drug-likeness (QED) is 0.838. The number of hydrogen-bond donors (Lipinski definition) is 1. The molecule has 0 radical (unpaired) electrons. The third-order valence-electron chi connectivity index (χ3n) is 3.87. The molecule has 0 aliphatic heterocycles. The fourth-order valence-electron chi connectivity index (χ4n) is 2.60. The normalized spacial score (nSPS) is 16.4. The minimum atomic E-state index is -0.257. The Bertz CT molecular complexity index is 669. The molecule has 1 aromatic carbocycles. The summed E-state index contributed by atoms with van der Waals surface area (Å²) in [5.74, 6) is 0.0348. The fourth-order valence-corrected chi connectivity index (χ4v) is 3.54. The highest BCUT2D eigenvalue weighted by atomic mass is 35.5. The van der Waals surface area contributed by atoms with Gasteiger partial charge in [-0.15, -0.1) is 5.10 Å². The molecular weight excluding hydrogens is 334 g/mol. The Hall–Kier alpha value is -1.60. The molecule has 1 aromatic heterocycles. The summed E-state index contributed by atoms with van der Waals surface area (Å²) >= 11 is 7.25. The Morgan fingerprint density at radius 1 is 1.35 bits per heavy atom. The van der Waals surface area contributed by atoms with E-state index in [0.29, 0.717) is 16.2 Å². The number of thioether (sulfide) groups is 1. The first-order chi connectivity index (χ1) is 11.1. The molecule has 0 bridgehead atoms. The van der Waals surface area contributed by atoms with Crippen LogP contribution in [0.3, 0.4) is 0 Å². The zero-order chi connectivity index (χ0) is 16.2. The van der Waals surface area contributed by atoms with Gasteiger partial charge in [-0.3, -0.25) is 4.79 Å². The zero-order valence-electron chi connectivity index (χ0n) is 12.8. The van der Waals surface area contributed by atoms with Gasteiger partial charge in [-0.25, -0.2) is 0 Å². The number of hydrogen-bond acceptors (Lipinski definition) is 5. The van der Waals surface area contributed by atoms with Crippen molar-refractivity contribution in [3.05, 3.63) is 29.3 Å².